The number of carboxylic acids is 1. The fourth-order valence-corrected chi connectivity index (χ4v) is 6.92. The van der Waals surface area contributed by atoms with Crippen LogP contribution in [0.25, 0.3) is 11.1 Å². The Morgan fingerprint density at radius 2 is 1.74 bits per heavy atom. The van der Waals surface area contributed by atoms with E-state index in [1.807, 2.05) is 31.2 Å². The summed E-state index contributed by atoms with van der Waals surface area (Å²) in [4.78, 5) is 39.6. The highest BCUT2D eigenvalue weighted by atomic mass is 32.2. The lowest BCUT2D eigenvalue weighted by Gasteiger charge is -2.42. The molecule has 1 saturated heterocycles. The van der Waals surface area contributed by atoms with E-state index < -0.39 is 29.6 Å². The van der Waals surface area contributed by atoms with Crippen LogP contribution in [0.3, 0.4) is 0 Å². The molecule has 1 saturated carbocycles. The minimum atomic E-state index is -0.983. The van der Waals surface area contributed by atoms with Crippen LogP contribution in [0.5, 0.6) is 0 Å². The number of ether oxygens (including phenoxy) is 1. The Hall–Kier alpha value is -3.00. The first kappa shape index (κ1) is 23.7. The summed E-state index contributed by atoms with van der Waals surface area (Å²) in [6.07, 6.45) is 2.49. The zero-order valence-electron chi connectivity index (χ0n) is 19.7. The second kappa shape index (κ2) is 9.57. The largest absolute Gasteiger partial charge is 0.480 e. The van der Waals surface area contributed by atoms with Crippen molar-refractivity contribution < 1.29 is 24.2 Å². The number of hydrogen-bond donors (Lipinski definition) is 2. The third-order valence-corrected chi connectivity index (χ3v) is 8.77. The Morgan fingerprint density at radius 3 is 2.40 bits per heavy atom. The first-order valence-electron chi connectivity index (χ1n) is 12.1. The summed E-state index contributed by atoms with van der Waals surface area (Å²) < 4.78 is 5.73. The van der Waals surface area contributed by atoms with E-state index in [0.29, 0.717) is 24.5 Å². The van der Waals surface area contributed by atoms with Crippen molar-refractivity contribution in [2.24, 2.45) is 5.41 Å². The highest BCUT2D eigenvalue weighted by molar-refractivity contribution is 7.99. The lowest BCUT2D eigenvalue weighted by Crippen LogP contribution is -2.58. The minimum Gasteiger partial charge on any atom is -0.480 e. The van der Waals surface area contributed by atoms with Gasteiger partial charge in [0.1, 0.15) is 12.6 Å². The maximum absolute atomic E-state index is 13.5. The molecule has 7 nitrogen and oxygen atoms in total. The van der Waals surface area contributed by atoms with Crippen molar-refractivity contribution in [2.45, 2.75) is 50.6 Å². The number of aliphatic carboxylic acids is 1. The number of benzene rings is 2. The number of alkyl carbamates (subject to hydrolysis) is 1. The van der Waals surface area contributed by atoms with Gasteiger partial charge in [-0.05, 0) is 42.0 Å². The topological polar surface area (TPSA) is 95.9 Å². The lowest BCUT2D eigenvalue weighted by atomic mass is 9.70. The molecule has 3 aliphatic rings. The average Bonchev–Trinajstić information content (AvgIpc) is 3.47. The van der Waals surface area contributed by atoms with Crippen molar-refractivity contribution in [3.05, 3.63) is 59.7 Å². The summed E-state index contributed by atoms with van der Waals surface area (Å²) in [7, 11) is 0. The van der Waals surface area contributed by atoms with Crippen LogP contribution in [0.15, 0.2) is 48.5 Å². The fraction of sp³-hybridized carbons (Fsp3) is 0.444. The van der Waals surface area contributed by atoms with E-state index in [-0.39, 0.29) is 18.4 Å². The Kier molecular flexibility index (Phi) is 6.49. The van der Waals surface area contributed by atoms with Gasteiger partial charge in [-0.2, -0.15) is 0 Å². The summed E-state index contributed by atoms with van der Waals surface area (Å²) >= 11 is 1.45. The third kappa shape index (κ3) is 4.29. The van der Waals surface area contributed by atoms with Crippen molar-refractivity contribution in [1.82, 2.24) is 10.2 Å². The van der Waals surface area contributed by atoms with E-state index >= 15 is 0 Å². The van der Waals surface area contributed by atoms with Crippen molar-refractivity contribution in [2.75, 3.05) is 18.2 Å². The second-order valence-corrected chi connectivity index (χ2v) is 10.8. The summed E-state index contributed by atoms with van der Waals surface area (Å²) in [5.41, 5.74) is 3.76. The number of nitrogens with zero attached hydrogens (tertiary/aromatic N) is 1. The monoisotopic (exact) mass is 494 g/mol. The van der Waals surface area contributed by atoms with E-state index in [0.717, 1.165) is 24.0 Å². The normalized spacial score (nSPS) is 25.6. The number of hydrogen-bond acceptors (Lipinski definition) is 5. The first-order chi connectivity index (χ1) is 16.9. The molecule has 0 bridgehead atoms. The molecular weight excluding hydrogens is 464 g/mol. The Bertz CT molecular complexity index is 1110. The Balaban J connectivity index is 1.28. The van der Waals surface area contributed by atoms with Crippen molar-refractivity contribution in [3.63, 3.8) is 0 Å². The molecule has 0 spiro atoms. The molecule has 1 aliphatic heterocycles. The molecule has 184 valence electrons. The van der Waals surface area contributed by atoms with Crippen LogP contribution in [0.4, 0.5) is 4.79 Å². The molecule has 5 rings (SSSR count). The summed E-state index contributed by atoms with van der Waals surface area (Å²) in [6, 6.07) is 15.1. The molecule has 2 aromatic rings. The minimum absolute atomic E-state index is 0.0366. The molecule has 2 aliphatic carbocycles. The van der Waals surface area contributed by atoms with Gasteiger partial charge < -0.3 is 20.1 Å². The molecule has 0 radical (unpaired) electrons. The zero-order valence-corrected chi connectivity index (χ0v) is 20.6. The van der Waals surface area contributed by atoms with E-state index in [1.54, 1.807) is 0 Å². The van der Waals surface area contributed by atoms with Gasteiger partial charge in [0.25, 0.3) is 0 Å². The van der Waals surface area contributed by atoms with Gasteiger partial charge in [0.15, 0.2) is 0 Å². The van der Waals surface area contributed by atoms with Crippen molar-refractivity contribution in [1.29, 1.82) is 0 Å². The molecule has 2 fully saturated rings. The van der Waals surface area contributed by atoms with Crippen LogP contribution in [0.1, 0.15) is 49.7 Å². The molecular formula is C27H30N2O5S. The van der Waals surface area contributed by atoms with Gasteiger partial charge in [-0.25, -0.2) is 9.59 Å². The number of thioether (sulfide) groups is 1. The standard InChI is InChI=1S/C27H30N2O5S/c1-27(25(32)29-16-35-15-22(29)24(30)31)13-7-6-12-23(27)28-26(33)34-14-21-19-10-4-2-8-17(19)18-9-3-5-11-20(18)21/h2-5,8-11,21-23H,6-7,12-16H2,1H3,(H,28,33)(H,30,31). The van der Waals surface area contributed by atoms with Crippen LogP contribution in [-0.2, 0) is 14.3 Å². The smallest absolute Gasteiger partial charge is 0.407 e. The molecule has 35 heavy (non-hydrogen) atoms. The number of amides is 2. The van der Waals surface area contributed by atoms with Crippen LogP contribution < -0.4 is 5.32 Å². The van der Waals surface area contributed by atoms with Crippen LogP contribution in [-0.4, -0.2) is 58.3 Å². The van der Waals surface area contributed by atoms with Gasteiger partial charge >= 0.3 is 12.1 Å². The highest BCUT2D eigenvalue weighted by Gasteiger charge is 2.49. The van der Waals surface area contributed by atoms with E-state index in [9.17, 15) is 19.5 Å². The van der Waals surface area contributed by atoms with Crippen molar-refractivity contribution in [3.8, 4) is 11.1 Å². The maximum Gasteiger partial charge on any atom is 0.407 e. The molecule has 8 heteroatoms. The quantitative estimate of drug-likeness (QED) is 0.637. The first-order valence-corrected chi connectivity index (χ1v) is 13.3. The van der Waals surface area contributed by atoms with Gasteiger partial charge in [-0.15, -0.1) is 11.8 Å². The SMILES string of the molecule is CC1(C(=O)N2CSCC2C(=O)O)CCCCC1NC(=O)OCC1c2ccccc2-c2ccccc21. The average molecular weight is 495 g/mol. The van der Waals surface area contributed by atoms with E-state index in [2.05, 4.69) is 29.6 Å². The number of carbonyl (C=O) groups excluding carboxylic acids is 2. The van der Waals surface area contributed by atoms with E-state index in [1.165, 1.54) is 27.8 Å². The molecule has 2 N–H and O–H groups in total. The molecule has 0 aromatic heterocycles. The molecule has 2 amide bonds. The van der Waals surface area contributed by atoms with Gasteiger partial charge in [-0.3, -0.25) is 4.79 Å². The number of nitrogens with one attached hydrogen (secondary N) is 1. The molecule has 2 aromatic carbocycles. The van der Waals surface area contributed by atoms with Crippen LogP contribution in [0.2, 0.25) is 0 Å². The van der Waals surface area contributed by atoms with Gasteiger partial charge in [0.2, 0.25) is 5.91 Å². The predicted molar refractivity (Wildman–Crippen MR) is 134 cm³/mol. The molecule has 3 unspecified atom stereocenters. The third-order valence-electron chi connectivity index (χ3n) is 7.76. The van der Waals surface area contributed by atoms with Crippen LogP contribution >= 0.6 is 11.8 Å². The van der Waals surface area contributed by atoms with Gasteiger partial charge in [0.05, 0.1) is 11.3 Å². The predicted octanol–water partition coefficient (Wildman–Crippen LogP) is 4.46. The Morgan fingerprint density at radius 1 is 1.09 bits per heavy atom. The molecule has 3 atom stereocenters. The van der Waals surface area contributed by atoms with Crippen molar-refractivity contribution >= 4 is 29.7 Å². The van der Waals surface area contributed by atoms with Crippen LogP contribution in [0, 0.1) is 5.41 Å². The van der Waals surface area contributed by atoms with Gasteiger partial charge in [-0.1, -0.05) is 61.4 Å². The number of carbonyl (C=O) groups is 3. The molecule has 1 heterocycles. The summed E-state index contributed by atoms with van der Waals surface area (Å²) in [5, 5.41) is 12.5. The summed E-state index contributed by atoms with van der Waals surface area (Å²) in [6.45, 7) is 2.06. The lowest BCUT2D eigenvalue weighted by molar-refractivity contribution is -0.154. The maximum atomic E-state index is 13.5. The highest BCUT2D eigenvalue weighted by Crippen LogP contribution is 2.45. The summed E-state index contributed by atoms with van der Waals surface area (Å²) in [5.74, 6) is -0.460. The number of rotatable bonds is 5. The zero-order chi connectivity index (χ0) is 24.6. The second-order valence-electron chi connectivity index (χ2n) is 9.81. The number of fused-ring (bicyclic) bond motifs is 3. The van der Waals surface area contributed by atoms with E-state index in [4.69, 9.17) is 4.74 Å². The Labute approximate surface area is 209 Å². The number of carboxylic acid groups (broad SMARTS) is 1. The van der Waals surface area contributed by atoms with Gasteiger partial charge in [0, 0.05) is 17.7 Å². The fourth-order valence-electron chi connectivity index (χ4n) is 5.78.